The van der Waals surface area contributed by atoms with Crippen molar-refractivity contribution in [2.24, 2.45) is 0 Å². The average Bonchev–Trinajstić information content (AvgIpc) is 3.27. The second kappa shape index (κ2) is 8.35. The van der Waals surface area contributed by atoms with Crippen molar-refractivity contribution in [2.75, 3.05) is 4.90 Å². The maximum absolute atomic E-state index is 12.5. The molecule has 0 spiro atoms. The van der Waals surface area contributed by atoms with Gasteiger partial charge in [0.2, 0.25) is 5.91 Å². The predicted molar refractivity (Wildman–Crippen MR) is 106 cm³/mol. The topological polar surface area (TPSA) is 85.5 Å². The van der Waals surface area contributed by atoms with Gasteiger partial charge in [0.1, 0.15) is 12.2 Å². The summed E-state index contributed by atoms with van der Waals surface area (Å²) in [4.78, 5) is 30.6. The normalized spacial score (nSPS) is 10.9. The summed E-state index contributed by atoms with van der Waals surface area (Å²) in [5.41, 5.74) is 2.16. The number of aromatic nitrogens is 2. The van der Waals surface area contributed by atoms with Crippen LogP contribution in [-0.2, 0) is 16.1 Å². The lowest BCUT2D eigenvalue weighted by atomic mass is 10.1. The van der Waals surface area contributed by atoms with Crippen LogP contribution in [0.5, 0.6) is 0 Å². The standard InChI is InChI=1S/C20H21N3O4S/c1-12(2)18-17(13(3)22-27-18)19(25)26-10-15-11-28-20(21-15)23(14(4)24)16-8-6-5-7-9-16/h5-9,11-12H,10H2,1-4H3. The van der Waals surface area contributed by atoms with Crippen molar-refractivity contribution in [3.05, 3.63) is 58.4 Å². The van der Waals surface area contributed by atoms with E-state index in [1.165, 1.54) is 23.2 Å². The van der Waals surface area contributed by atoms with Gasteiger partial charge in [0.25, 0.3) is 0 Å². The number of ether oxygens (including phenoxy) is 1. The van der Waals surface area contributed by atoms with Gasteiger partial charge >= 0.3 is 5.97 Å². The number of rotatable bonds is 6. The molecule has 0 atom stereocenters. The Hall–Kier alpha value is -3.00. The number of anilines is 2. The number of para-hydroxylation sites is 1. The summed E-state index contributed by atoms with van der Waals surface area (Å²) in [7, 11) is 0. The molecule has 3 rings (SSSR count). The van der Waals surface area contributed by atoms with Gasteiger partial charge in [-0.1, -0.05) is 37.2 Å². The smallest absolute Gasteiger partial charge is 0.344 e. The zero-order valence-electron chi connectivity index (χ0n) is 16.1. The van der Waals surface area contributed by atoms with Crippen LogP contribution in [0.1, 0.15) is 54.2 Å². The Morgan fingerprint density at radius 2 is 1.96 bits per heavy atom. The van der Waals surface area contributed by atoms with E-state index in [0.29, 0.717) is 27.8 Å². The van der Waals surface area contributed by atoms with E-state index in [4.69, 9.17) is 9.26 Å². The lowest BCUT2D eigenvalue weighted by Crippen LogP contribution is -2.22. The van der Waals surface area contributed by atoms with Crippen LogP contribution < -0.4 is 4.90 Å². The van der Waals surface area contributed by atoms with Gasteiger partial charge in [0, 0.05) is 18.2 Å². The van der Waals surface area contributed by atoms with Crippen LogP contribution in [0.25, 0.3) is 0 Å². The Balaban J connectivity index is 1.74. The molecule has 7 nitrogen and oxygen atoms in total. The number of nitrogens with zero attached hydrogens (tertiary/aromatic N) is 3. The van der Waals surface area contributed by atoms with E-state index in [2.05, 4.69) is 10.1 Å². The number of thiazole rings is 1. The first kappa shape index (κ1) is 19.8. The maximum atomic E-state index is 12.5. The van der Waals surface area contributed by atoms with Gasteiger partial charge in [-0.2, -0.15) is 0 Å². The number of benzene rings is 1. The number of aryl methyl sites for hydroxylation is 1. The van der Waals surface area contributed by atoms with E-state index < -0.39 is 5.97 Å². The Bertz CT molecular complexity index is 979. The monoisotopic (exact) mass is 399 g/mol. The van der Waals surface area contributed by atoms with Crippen molar-refractivity contribution in [1.82, 2.24) is 10.1 Å². The molecule has 0 N–H and O–H groups in total. The molecule has 3 aromatic rings. The molecule has 0 aliphatic heterocycles. The molecule has 0 unspecified atom stereocenters. The fourth-order valence-electron chi connectivity index (χ4n) is 2.71. The molecule has 28 heavy (non-hydrogen) atoms. The van der Waals surface area contributed by atoms with Crippen molar-refractivity contribution < 1.29 is 18.8 Å². The van der Waals surface area contributed by atoms with Crippen LogP contribution >= 0.6 is 11.3 Å². The first-order chi connectivity index (χ1) is 13.4. The fraction of sp³-hybridized carbons (Fsp3) is 0.300. The fourth-order valence-corrected chi connectivity index (χ4v) is 3.58. The van der Waals surface area contributed by atoms with Crippen LogP contribution in [0, 0.1) is 6.92 Å². The molecule has 146 valence electrons. The number of amides is 1. The second-order valence-corrected chi connectivity index (χ2v) is 7.39. The van der Waals surface area contributed by atoms with E-state index in [1.807, 2.05) is 44.2 Å². The number of hydrogen-bond donors (Lipinski definition) is 0. The highest BCUT2D eigenvalue weighted by atomic mass is 32.1. The highest BCUT2D eigenvalue weighted by Gasteiger charge is 2.24. The minimum atomic E-state index is -0.497. The lowest BCUT2D eigenvalue weighted by Gasteiger charge is -2.17. The van der Waals surface area contributed by atoms with Gasteiger partial charge in [-0.3, -0.25) is 9.69 Å². The van der Waals surface area contributed by atoms with Crippen LogP contribution in [-0.4, -0.2) is 22.0 Å². The third kappa shape index (κ3) is 4.12. The number of carbonyl (C=O) groups excluding carboxylic acids is 2. The molecule has 0 aliphatic carbocycles. The largest absolute Gasteiger partial charge is 0.455 e. The van der Waals surface area contributed by atoms with Gasteiger partial charge < -0.3 is 9.26 Å². The van der Waals surface area contributed by atoms with E-state index in [0.717, 1.165) is 5.69 Å². The van der Waals surface area contributed by atoms with Crippen molar-refractivity contribution in [3.63, 3.8) is 0 Å². The first-order valence-electron chi connectivity index (χ1n) is 8.82. The molecule has 0 radical (unpaired) electrons. The minimum Gasteiger partial charge on any atom is -0.455 e. The molecule has 8 heteroatoms. The molecular weight excluding hydrogens is 378 g/mol. The van der Waals surface area contributed by atoms with Crippen LogP contribution in [0.3, 0.4) is 0 Å². The van der Waals surface area contributed by atoms with Crippen LogP contribution in [0.4, 0.5) is 10.8 Å². The molecule has 0 fully saturated rings. The van der Waals surface area contributed by atoms with Crippen LogP contribution in [0.15, 0.2) is 40.2 Å². The molecule has 1 aromatic carbocycles. The van der Waals surface area contributed by atoms with Crippen molar-refractivity contribution in [3.8, 4) is 0 Å². The zero-order valence-corrected chi connectivity index (χ0v) is 16.9. The highest BCUT2D eigenvalue weighted by molar-refractivity contribution is 7.14. The molecule has 0 saturated carbocycles. The molecule has 0 aliphatic rings. The summed E-state index contributed by atoms with van der Waals surface area (Å²) in [6, 6.07) is 9.27. The Labute approximate surface area is 166 Å². The molecular formula is C20H21N3O4S. The summed E-state index contributed by atoms with van der Waals surface area (Å²) >= 11 is 1.31. The molecule has 1 amide bonds. The second-order valence-electron chi connectivity index (χ2n) is 6.55. The van der Waals surface area contributed by atoms with E-state index in [-0.39, 0.29) is 18.4 Å². The van der Waals surface area contributed by atoms with Gasteiger partial charge in [0.15, 0.2) is 10.9 Å². The quantitative estimate of drug-likeness (QED) is 0.563. The number of esters is 1. The maximum Gasteiger partial charge on any atom is 0.344 e. The lowest BCUT2D eigenvalue weighted by molar-refractivity contribution is -0.115. The molecule has 0 bridgehead atoms. The van der Waals surface area contributed by atoms with Gasteiger partial charge in [0.05, 0.1) is 17.1 Å². The highest BCUT2D eigenvalue weighted by Crippen LogP contribution is 2.29. The third-order valence-corrected chi connectivity index (χ3v) is 4.90. The summed E-state index contributed by atoms with van der Waals surface area (Å²) in [5, 5.41) is 6.15. The van der Waals surface area contributed by atoms with Crippen LogP contribution in [0.2, 0.25) is 0 Å². The van der Waals surface area contributed by atoms with Gasteiger partial charge in [-0.15, -0.1) is 11.3 Å². The van der Waals surface area contributed by atoms with E-state index >= 15 is 0 Å². The van der Waals surface area contributed by atoms with E-state index in [9.17, 15) is 9.59 Å². The zero-order chi connectivity index (χ0) is 20.3. The molecule has 0 saturated heterocycles. The SMILES string of the molecule is CC(=O)N(c1ccccc1)c1nc(COC(=O)c2c(C)noc2C(C)C)cs1. The predicted octanol–water partition coefficient (Wildman–Crippen LogP) is 4.60. The van der Waals surface area contributed by atoms with Gasteiger partial charge in [-0.25, -0.2) is 9.78 Å². The summed E-state index contributed by atoms with van der Waals surface area (Å²) in [6.07, 6.45) is 0. The summed E-state index contributed by atoms with van der Waals surface area (Å²) < 4.78 is 10.6. The van der Waals surface area contributed by atoms with Crippen molar-refractivity contribution in [2.45, 2.75) is 40.2 Å². The Morgan fingerprint density at radius 1 is 1.25 bits per heavy atom. The average molecular weight is 399 g/mol. The minimum absolute atomic E-state index is 0.00196. The Morgan fingerprint density at radius 3 is 2.61 bits per heavy atom. The Kier molecular flexibility index (Phi) is 5.89. The summed E-state index contributed by atoms with van der Waals surface area (Å²) in [5.74, 6) is -0.118. The third-order valence-electron chi connectivity index (χ3n) is 4.03. The van der Waals surface area contributed by atoms with Crippen molar-refractivity contribution >= 4 is 34.0 Å². The van der Waals surface area contributed by atoms with E-state index in [1.54, 1.807) is 12.3 Å². The molecule has 2 heterocycles. The first-order valence-corrected chi connectivity index (χ1v) is 9.70. The van der Waals surface area contributed by atoms with Gasteiger partial charge in [-0.05, 0) is 19.1 Å². The summed E-state index contributed by atoms with van der Waals surface area (Å²) in [6.45, 7) is 7.03. The molecule has 2 aromatic heterocycles. The van der Waals surface area contributed by atoms with Crippen molar-refractivity contribution in [1.29, 1.82) is 0 Å². The number of carbonyl (C=O) groups is 2. The number of hydrogen-bond acceptors (Lipinski definition) is 7.